The van der Waals surface area contributed by atoms with Gasteiger partial charge in [0.2, 0.25) is 0 Å². The molecule has 8 heteroatoms. The van der Waals surface area contributed by atoms with E-state index in [1.807, 2.05) is 42.5 Å². The molecule has 0 spiro atoms. The lowest BCUT2D eigenvalue weighted by atomic mass is 9.77. The Kier molecular flexibility index (Phi) is 9.59. The van der Waals surface area contributed by atoms with Crippen LogP contribution in [0.1, 0.15) is 91.4 Å². The van der Waals surface area contributed by atoms with Gasteiger partial charge in [0.1, 0.15) is 11.9 Å². The second-order valence-electron chi connectivity index (χ2n) is 12.8. The number of nitrogens with one attached hydrogen (secondary N) is 1. The van der Waals surface area contributed by atoms with E-state index < -0.39 is 17.9 Å². The average molecular weight is 614 g/mol. The van der Waals surface area contributed by atoms with Crippen molar-refractivity contribution < 1.29 is 19.1 Å². The van der Waals surface area contributed by atoms with Gasteiger partial charge in [-0.3, -0.25) is 4.79 Å². The minimum atomic E-state index is -1.10. The third kappa shape index (κ3) is 7.41. The van der Waals surface area contributed by atoms with Crippen molar-refractivity contribution in [2.24, 2.45) is 5.92 Å². The van der Waals surface area contributed by atoms with Gasteiger partial charge in [0.25, 0.3) is 5.91 Å². The number of carboxylic acids is 1. The third-order valence-electron chi connectivity index (χ3n) is 8.68. The first kappa shape index (κ1) is 31.5. The molecule has 1 atom stereocenters. The van der Waals surface area contributed by atoms with Crippen molar-refractivity contribution in [3.8, 4) is 22.5 Å². The van der Waals surface area contributed by atoms with Crippen molar-refractivity contribution in [2.45, 2.75) is 83.6 Å². The molecule has 2 aromatic carbocycles. The summed E-state index contributed by atoms with van der Waals surface area (Å²) in [6.45, 7) is 8.46. The predicted octanol–water partition coefficient (Wildman–Crippen LogP) is 8.42. The molecule has 0 radical (unpaired) electrons. The van der Waals surface area contributed by atoms with Gasteiger partial charge in [0, 0.05) is 40.4 Å². The Morgan fingerprint density at radius 1 is 0.977 bits per heavy atom. The van der Waals surface area contributed by atoms with Crippen molar-refractivity contribution >= 4 is 23.2 Å². The first-order valence-electron chi connectivity index (χ1n) is 15.4. The zero-order chi connectivity index (χ0) is 31.4. The summed E-state index contributed by atoms with van der Waals surface area (Å²) in [4.78, 5) is 35.3. The van der Waals surface area contributed by atoms with E-state index in [0.29, 0.717) is 27.7 Å². The van der Waals surface area contributed by atoms with Crippen LogP contribution in [0.15, 0.2) is 67.0 Å². The summed E-state index contributed by atoms with van der Waals surface area (Å²) in [5, 5.41) is 12.4. The number of aromatic nitrogens is 2. The predicted molar refractivity (Wildman–Crippen MR) is 173 cm³/mol. The Hall–Kier alpha value is -3.91. The van der Waals surface area contributed by atoms with E-state index in [1.165, 1.54) is 30.6 Å². The number of benzene rings is 2. The van der Waals surface area contributed by atoms with Crippen LogP contribution in [0.25, 0.3) is 22.5 Å². The molecule has 2 aromatic heterocycles. The second-order valence-corrected chi connectivity index (χ2v) is 13.9. The van der Waals surface area contributed by atoms with Gasteiger partial charge in [0.05, 0.1) is 4.88 Å². The van der Waals surface area contributed by atoms with Gasteiger partial charge in [-0.25, -0.2) is 19.2 Å². The Labute approximate surface area is 262 Å². The number of thiophene rings is 1. The highest BCUT2D eigenvalue weighted by Crippen LogP contribution is 2.38. The van der Waals surface area contributed by atoms with Gasteiger partial charge >= 0.3 is 5.97 Å². The second kappa shape index (κ2) is 13.4. The fraction of sp³-hybridized carbons (Fsp3) is 0.389. The van der Waals surface area contributed by atoms with Gasteiger partial charge in [-0.05, 0) is 72.3 Å². The van der Waals surface area contributed by atoms with Crippen LogP contribution < -0.4 is 5.32 Å². The van der Waals surface area contributed by atoms with Crippen LogP contribution in [0.5, 0.6) is 0 Å². The van der Waals surface area contributed by atoms with Crippen molar-refractivity contribution in [3.05, 3.63) is 93.7 Å². The van der Waals surface area contributed by atoms with Gasteiger partial charge in [-0.1, -0.05) is 70.5 Å². The van der Waals surface area contributed by atoms with Crippen LogP contribution in [0.3, 0.4) is 0 Å². The number of halogens is 1. The quantitative estimate of drug-likeness (QED) is 0.198. The topological polar surface area (TPSA) is 92.2 Å². The molecule has 0 aliphatic heterocycles. The molecule has 1 aliphatic rings. The van der Waals surface area contributed by atoms with Crippen molar-refractivity contribution in [3.63, 3.8) is 0 Å². The maximum atomic E-state index is 15.2. The fourth-order valence-corrected chi connectivity index (χ4v) is 6.82. The lowest BCUT2D eigenvalue weighted by Crippen LogP contribution is -2.42. The molecule has 2 heterocycles. The molecular weight excluding hydrogens is 573 g/mol. The molecule has 6 nitrogen and oxygen atoms in total. The molecule has 1 aliphatic carbocycles. The summed E-state index contributed by atoms with van der Waals surface area (Å²) in [6, 6.07) is 15.4. The Morgan fingerprint density at radius 2 is 1.66 bits per heavy atom. The third-order valence-corrected chi connectivity index (χ3v) is 10.2. The van der Waals surface area contributed by atoms with Gasteiger partial charge < -0.3 is 10.4 Å². The normalized spacial score (nSPS) is 17.7. The number of hydrogen-bond donors (Lipinski definition) is 2. The Bertz CT molecular complexity index is 1600. The van der Waals surface area contributed by atoms with Crippen LogP contribution in [0, 0.1) is 11.7 Å². The molecule has 0 saturated heterocycles. The molecule has 0 bridgehead atoms. The van der Waals surface area contributed by atoms with E-state index in [1.54, 1.807) is 24.5 Å². The SMILES string of the molecule is CC[C@H]1CC[C@@H](c2ccc(-c3cnc(-c4ccc(C[C@H](NC(=O)c5ccc(C(C)(C)C)s5)C(=O)O)cc4)nc3)c(F)c2)CC1. The molecule has 230 valence electrons. The van der Waals surface area contributed by atoms with Gasteiger partial charge in [-0.15, -0.1) is 11.3 Å². The maximum Gasteiger partial charge on any atom is 0.326 e. The van der Waals surface area contributed by atoms with E-state index in [9.17, 15) is 14.7 Å². The van der Waals surface area contributed by atoms with E-state index in [0.717, 1.165) is 40.3 Å². The molecule has 0 unspecified atom stereocenters. The monoisotopic (exact) mass is 613 g/mol. The summed E-state index contributed by atoms with van der Waals surface area (Å²) in [5.74, 6) is -0.0375. The number of hydrogen-bond acceptors (Lipinski definition) is 5. The molecule has 1 amide bonds. The van der Waals surface area contributed by atoms with E-state index in [-0.39, 0.29) is 17.7 Å². The Balaban J connectivity index is 1.22. The fourth-order valence-electron chi connectivity index (χ4n) is 5.86. The van der Waals surface area contributed by atoms with E-state index >= 15 is 4.39 Å². The van der Waals surface area contributed by atoms with Crippen molar-refractivity contribution in [2.75, 3.05) is 0 Å². The number of carboxylic acid groups (broad SMARTS) is 1. The van der Waals surface area contributed by atoms with Crippen LogP contribution in [0.4, 0.5) is 4.39 Å². The summed E-state index contributed by atoms with van der Waals surface area (Å²) in [6.07, 6.45) is 9.28. The number of carbonyl (C=O) groups is 2. The summed E-state index contributed by atoms with van der Waals surface area (Å²) in [7, 11) is 0. The molecule has 2 N–H and O–H groups in total. The Morgan fingerprint density at radius 3 is 2.23 bits per heavy atom. The number of carbonyl (C=O) groups excluding carboxylic acids is 1. The van der Waals surface area contributed by atoms with Gasteiger partial charge in [-0.2, -0.15) is 0 Å². The largest absolute Gasteiger partial charge is 0.480 e. The smallest absolute Gasteiger partial charge is 0.326 e. The minimum absolute atomic E-state index is 0.0874. The average Bonchev–Trinajstić information content (AvgIpc) is 3.53. The highest BCUT2D eigenvalue weighted by molar-refractivity contribution is 7.14. The lowest BCUT2D eigenvalue weighted by molar-refractivity contribution is -0.139. The van der Waals surface area contributed by atoms with E-state index in [4.69, 9.17) is 0 Å². The van der Waals surface area contributed by atoms with Crippen molar-refractivity contribution in [1.29, 1.82) is 0 Å². The maximum absolute atomic E-state index is 15.2. The van der Waals surface area contributed by atoms with Crippen LogP contribution >= 0.6 is 11.3 Å². The molecule has 1 fully saturated rings. The number of rotatable bonds is 9. The van der Waals surface area contributed by atoms with Crippen LogP contribution in [-0.4, -0.2) is 33.0 Å². The number of amides is 1. The minimum Gasteiger partial charge on any atom is -0.480 e. The van der Waals surface area contributed by atoms with Crippen LogP contribution in [0.2, 0.25) is 0 Å². The first-order chi connectivity index (χ1) is 21.0. The molecule has 4 aromatic rings. The lowest BCUT2D eigenvalue weighted by Gasteiger charge is -2.28. The first-order valence-corrected chi connectivity index (χ1v) is 16.2. The highest BCUT2D eigenvalue weighted by Gasteiger charge is 2.25. The molecule has 5 rings (SSSR count). The number of nitrogens with zero attached hydrogens (tertiary/aromatic N) is 2. The van der Waals surface area contributed by atoms with Crippen LogP contribution in [-0.2, 0) is 16.6 Å². The number of aliphatic carboxylic acids is 1. The summed E-state index contributed by atoms with van der Waals surface area (Å²) < 4.78 is 15.2. The van der Waals surface area contributed by atoms with Gasteiger partial charge in [0.15, 0.2) is 5.82 Å². The zero-order valence-electron chi connectivity index (χ0n) is 25.8. The molecule has 1 saturated carbocycles. The zero-order valence-corrected chi connectivity index (χ0v) is 26.6. The summed E-state index contributed by atoms with van der Waals surface area (Å²) >= 11 is 1.38. The summed E-state index contributed by atoms with van der Waals surface area (Å²) in [5.41, 5.74) is 3.59. The highest BCUT2D eigenvalue weighted by atomic mass is 32.1. The van der Waals surface area contributed by atoms with E-state index in [2.05, 4.69) is 43.0 Å². The van der Waals surface area contributed by atoms with Crippen molar-refractivity contribution in [1.82, 2.24) is 15.3 Å². The standard InChI is InChI=1S/C36H40FN3O3S/c1-5-22-6-10-24(11-7-22)26-14-15-28(29(37)19-26)27-20-38-33(39-21-27)25-12-8-23(9-13-25)18-30(35(42)43)40-34(41)31-16-17-32(44-31)36(2,3)4/h8-9,12-17,19-22,24,30H,5-7,10-11,18H2,1-4H3,(H,40,41)(H,42,43)/t22-,24+,30-/m0/s1. The molecule has 44 heavy (non-hydrogen) atoms. The molecular formula is C36H40FN3O3S.